The van der Waals surface area contributed by atoms with E-state index in [1.54, 1.807) is 10.8 Å². The van der Waals surface area contributed by atoms with Crippen LogP contribution in [0.4, 0.5) is 0 Å². The van der Waals surface area contributed by atoms with Gasteiger partial charge in [-0.2, -0.15) is 0 Å². The van der Waals surface area contributed by atoms with Crippen LogP contribution >= 0.6 is 12.4 Å². The molecule has 1 saturated heterocycles. The molecule has 3 fully saturated rings. The Morgan fingerprint density at radius 1 is 1.27 bits per heavy atom. The summed E-state index contributed by atoms with van der Waals surface area (Å²) in [6, 6.07) is 12.3. The number of aliphatic hydroxyl groups excluding tert-OH is 1. The van der Waals surface area contributed by atoms with Crippen LogP contribution in [0.5, 0.6) is 0 Å². The van der Waals surface area contributed by atoms with Gasteiger partial charge in [0.25, 0.3) is 11.5 Å². The molecule has 6 nitrogen and oxygen atoms in total. The third-order valence-electron chi connectivity index (χ3n) is 7.09. The van der Waals surface area contributed by atoms with Crippen molar-refractivity contribution in [2.75, 3.05) is 19.6 Å². The van der Waals surface area contributed by atoms with Crippen LogP contribution < -0.4 is 16.2 Å². The molecule has 1 amide bonds. The van der Waals surface area contributed by atoms with Crippen molar-refractivity contribution in [3.05, 3.63) is 69.6 Å². The number of hydrogen-bond acceptors (Lipinski definition) is 4. The predicted molar refractivity (Wildman–Crippen MR) is 117 cm³/mol. The summed E-state index contributed by atoms with van der Waals surface area (Å²) < 4.78 is 1.69. The van der Waals surface area contributed by atoms with Crippen molar-refractivity contribution in [1.82, 2.24) is 15.2 Å². The number of nitrogens with zero attached hydrogens (tertiary/aromatic N) is 1. The lowest BCUT2D eigenvalue weighted by atomic mass is 9.95. The maximum atomic E-state index is 12.9. The SMILES string of the molecule is Cc1ccn(C2CC2)c(=O)c1C(=O)NC[C@H]1[C@H](c2ccccc2)[C@@]12CNC[C@H]2O.Cl. The zero-order valence-electron chi connectivity index (χ0n) is 17.0. The summed E-state index contributed by atoms with van der Waals surface area (Å²) in [6.07, 6.45) is 3.37. The van der Waals surface area contributed by atoms with E-state index in [2.05, 4.69) is 22.8 Å². The second-order valence-electron chi connectivity index (χ2n) is 8.78. The quantitative estimate of drug-likeness (QED) is 0.679. The molecule has 5 rings (SSSR count). The van der Waals surface area contributed by atoms with Crippen molar-refractivity contribution in [1.29, 1.82) is 0 Å². The molecule has 2 heterocycles. The number of carbonyl (C=O) groups is 1. The average molecular weight is 430 g/mol. The van der Waals surface area contributed by atoms with Crippen LogP contribution in [0, 0.1) is 18.3 Å². The number of aromatic nitrogens is 1. The lowest BCUT2D eigenvalue weighted by molar-refractivity contribution is 0.0936. The molecule has 0 radical (unpaired) electrons. The normalized spacial score (nSPS) is 29.5. The van der Waals surface area contributed by atoms with E-state index in [-0.39, 0.29) is 52.7 Å². The number of carbonyl (C=O) groups excluding carboxylic acids is 1. The molecule has 1 spiro atoms. The Morgan fingerprint density at radius 3 is 2.63 bits per heavy atom. The monoisotopic (exact) mass is 429 g/mol. The van der Waals surface area contributed by atoms with Gasteiger partial charge in [-0.05, 0) is 48.8 Å². The van der Waals surface area contributed by atoms with E-state index < -0.39 is 6.10 Å². The molecule has 0 bridgehead atoms. The minimum atomic E-state index is -0.430. The van der Waals surface area contributed by atoms with E-state index in [1.165, 1.54) is 5.56 Å². The van der Waals surface area contributed by atoms with Gasteiger partial charge >= 0.3 is 0 Å². The summed E-state index contributed by atoms with van der Waals surface area (Å²) in [5.74, 6) is 0.0410. The third-order valence-corrected chi connectivity index (χ3v) is 7.09. The van der Waals surface area contributed by atoms with Gasteiger partial charge in [-0.1, -0.05) is 30.3 Å². The van der Waals surface area contributed by atoms with Gasteiger partial charge in [0.05, 0.1) is 6.10 Å². The topological polar surface area (TPSA) is 83.4 Å². The lowest BCUT2D eigenvalue weighted by Crippen LogP contribution is -2.36. The van der Waals surface area contributed by atoms with Crippen molar-refractivity contribution in [3.8, 4) is 0 Å². The average Bonchev–Trinajstić information content (AvgIpc) is 3.61. The summed E-state index contributed by atoms with van der Waals surface area (Å²) >= 11 is 0. The van der Waals surface area contributed by atoms with E-state index in [4.69, 9.17) is 0 Å². The van der Waals surface area contributed by atoms with Crippen LogP contribution in [0.15, 0.2) is 47.4 Å². The maximum Gasteiger partial charge on any atom is 0.263 e. The molecule has 3 N–H and O–H groups in total. The Kier molecular flexibility index (Phi) is 5.51. The smallest absolute Gasteiger partial charge is 0.263 e. The molecule has 2 saturated carbocycles. The Bertz CT molecular complexity index is 1000. The Morgan fingerprint density at radius 2 is 2.00 bits per heavy atom. The second-order valence-corrected chi connectivity index (χ2v) is 8.78. The van der Waals surface area contributed by atoms with E-state index in [1.807, 2.05) is 31.2 Å². The number of β-amino-alcohol motifs (C(OH)–C–C–N with tert-alkyl or cyclic N) is 1. The van der Waals surface area contributed by atoms with E-state index in [0.29, 0.717) is 18.7 Å². The molecule has 30 heavy (non-hydrogen) atoms. The Hall–Kier alpha value is -2.15. The molecule has 2 aliphatic carbocycles. The summed E-state index contributed by atoms with van der Waals surface area (Å²) in [7, 11) is 0. The number of amides is 1. The molecular weight excluding hydrogens is 402 g/mol. The van der Waals surface area contributed by atoms with Gasteiger partial charge in [-0.25, -0.2) is 0 Å². The van der Waals surface area contributed by atoms with E-state index in [0.717, 1.165) is 19.4 Å². The molecule has 0 unspecified atom stereocenters. The van der Waals surface area contributed by atoms with Gasteiger partial charge in [-0.15, -0.1) is 12.4 Å². The highest BCUT2D eigenvalue weighted by Crippen LogP contribution is 2.67. The highest BCUT2D eigenvalue weighted by Gasteiger charge is 2.69. The van der Waals surface area contributed by atoms with Gasteiger partial charge in [0.1, 0.15) is 5.56 Å². The third kappa shape index (κ3) is 3.27. The molecule has 160 valence electrons. The molecule has 4 atom stereocenters. The minimum absolute atomic E-state index is 0. The van der Waals surface area contributed by atoms with Crippen LogP contribution in [0.3, 0.4) is 0 Å². The van der Waals surface area contributed by atoms with Crippen LogP contribution in [0.25, 0.3) is 0 Å². The largest absolute Gasteiger partial charge is 0.391 e. The number of benzene rings is 1. The first-order chi connectivity index (χ1) is 14.0. The summed E-state index contributed by atoms with van der Waals surface area (Å²) in [4.78, 5) is 25.8. The van der Waals surface area contributed by atoms with Crippen molar-refractivity contribution in [2.45, 2.75) is 37.8 Å². The lowest BCUT2D eigenvalue weighted by Gasteiger charge is -2.15. The van der Waals surface area contributed by atoms with Gasteiger partial charge < -0.3 is 20.3 Å². The molecule has 7 heteroatoms. The zero-order valence-corrected chi connectivity index (χ0v) is 17.8. The first-order valence-corrected chi connectivity index (χ1v) is 10.5. The molecule has 1 aromatic carbocycles. The van der Waals surface area contributed by atoms with Crippen molar-refractivity contribution in [2.24, 2.45) is 11.3 Å². The predicted octanol–water partition coefficient (Wildman–Crippen LogP) is 2.01. The minimum Gasteiger partial charge on any atom is -0.391 e. The van der Waals surface area contributed by atoms with Crippen molar-refractivity contribution >= 4 is 18.3 Å². The molecule has 2 aromatic rings. The molecule has 3 aliphatic rings. The van der Waals surface area contributed by atoms with E-state index in [9.17, 15) is 14.7 Å². The fourth-order valence-corrected chi connectivity index (χ4v) is 5.33. The van der Waals surface area contributed by atoms with Gasteiger partial charge in [-0.3, -0.25) is 9.59 Å². The van der Waals surface area contributed by atoms with Gasteiger partial charge in [0.2, 0.25) is 0 Å². The summed E-state index contributed by atoms with van der Waals surface area (Å²) in [5, 5.41) is 17.0. The first kappa shape index (κ1) is 21.1. The summed E-state index contributed by atoms with van der Waals surface area (Å²) in [5.41, 5.74) is 1.71. The van der Waals surface area contributed by atoms with Crippen LogP contribution in [0.2, 0.25) is 0 Å². The fraction of sp³-hybridized carbons (Fsp3) is 0.478. The van der Waals surface area contributed by atoms with Crippen LogP contribution in [-0.4, -0.2) is 41.3 Å². The van der Waals surface area contributed by atoms with Crippen LogP contribution in [-0.2, 0) is 0 Å². The number of nitrogens with one attached hydrogen (secondary N) is 2. The van der Waals surface area contributed by atoms with E-state index >= 15 is 0 Å². The highest BCUT2D eigenvalue weighted by molar-refractivity contribution is 5.95. The first-order valence-electron chi connectivity index (χ1n) is 10.5. The number of halogens is 1. The summed E-state index contributed by atoms with van der Waals surface area (Å²) in [6.45, 7) is 3.59. The van der Waals surface area contributed by atoms with Crippen LogP contribution in [0.1, 0.15) is 46.3 Å². The molecular formula is C23H28ClN3O3. The standard InChI is InChI=1S/C23H27N3O3.ClH/c1-14-9-10-26(16-7-8-16)22(29)19(14)21(28)25-11-17-20(15-5-3-2-4-6-15)23(17)13-24-12-18(23)27;/h2-6,9-10,16-18,20,24,27H,7-8,11-13H2,1H3,(H,25,28);1H/t17-,18+,20-,23-;/m0./s1. The number of pyridine rings is 1. The highest BCUT2D eigenvalue weighted by atomic mass is 35.5. The molecule has 1 aliphatic heterocycles. The van der Waals surface area contributed by atoms with Crippen molar-refractivity contribution in [3.63, 3.8) is 0 Å². The fourth-order valence-electron chi connectivity index (χ4n) is 5.33. The Labute approximate surface area is 182 Å². The maximum absolute atomic E-state index is 12.9. The number of aryl methyl sites for hydroxylation is 1. The Balaban J connectivity index is 0.00000218. The van der Waals surface area contributed by atoms with Gasteiger partial charge in [0, 0.05) is 37.3 Å². The zero-order chi connectivity index (χ0) is 20.2. The second kappa shape index (κ2) is 7.84. The molecule has 1 aromatic heterocycles. The van der Waals surface area contributed by atoms with Gasteiger partial charge in [0.15, 0.2) is 0 Å². The van der Waals surface area contributed by atoms with Crippen molar-refractivity contribution < 1.29 is 9.90 Å². The number of hydrogen-bond donors (Lipinski definition) is 3. The number of rotatable bonds is 5. The number of aliphatic hydroxyl groups is 1.